The summed E-state index contributed by atoms with van der Waals surface area (Å²) in [5, 5.41) is 23.7. The molecule has 4 N–H and O–H groups in total. The minimum atomic E-state index is -3.23. The van der Waals surface area contributed by atoms with Crippen LogP contribution in [0.25, 0.3) is 0 Å². The van der Waals surface area contributed by atoms with Gasteiger partial charge in [-0.25, -0.2) is 4.79 Å². The van der Waals surface area contributed by atoms with E-state index in [1.54, 1.807) is 6.92 Å². The molecule has 0 saturated carbocycles. The van der Waals surface area contributed by atoms with Crippen LogP contribution in [-0.2, 0) is 13.9 Å². The van der Waals surface area contributed by atoms with Crippen molar-refractivity contribution in [2.75, 3.05) is 19.4 Å². The van der Waals surface area contributed by atoms with E-state index in [-0.39, 0.29) is 0 Å². The van der Waals surface area contributed by atoms with E-state index in [9.17, 15) is 9.36 Å². The largest absolute Gasteiger partial charge is 0.479 e. The van der Waals surface area contributed by atoms with Gasteiger partial charge in [0.15, 0.2) is 6.10 Å². The Morgan fingerprint density at radius 3 is 2.16 bits per heavy atom. The van der Waals surface area contributed by atoms with Crippen LogP contribution in [0.5, 0.6) is 0 Å². The average molecular weight is 300 g/mol. The van der Waals surface area contributed by atoms with Crippen molar-refractivity contribution in [1.82, 2.24) is 0 Å². The predicted octanol–water partition coefficient (Wildman–Crippen LogP) is 1.21. The summed E-state index contributed by atoms with van der Waals surface area (Å²) >= 11 is 0. The summed E-state index contributed by atoms with van der Waals surface area (Å²) in [6.45, 7) is 3.44. The number of carboxylic acid groups (broad SMARTS) is 1. The second-order valence-electron chi connectivity index (χ2n) is 3.88. The van der Waals surface area contributed by atoms with Crippen LogP contribution in [0.2, 0.25) is 0 Å². The number of hydrogen-bond donors (Lipinski definition) is 4. The maximum Gasteiger partial charge on any atom is 0.334 e. The van der Waals surface area contributed by atoms with Gasteiger partial charge in [0, 0.05) is 6.16 Å². The molecule has 19 heavy (non-hydrogen) atoms. The fourth-order valence-corrected chi connectivity index (χ4v) is 2.24. The highest BCUT2D eigenvalue weighted by molar-refractivity contribution is 7.52. The molecule has 0 aliphatic rings. The van der Waals surface area contributed by atoms with Crippen molar-refractivity contribution >= 4 is 13.6 Å². The number of hydrogen-bond acceptors (Lipinski definition) is 5. The molecule has 0 saturated heterocycles. The maximum absolute atomic E-state index is 11.1. The van der Waals surface area contributed by atoms with Crippen LogP contribution in [0.3, 0.4) is 0 Å². The van der Waals surface area contributed by atoms with Crippen molar-refractivity contribution in [3.05, 3.63) is 0 Å². The van der Waals surface area contributed by atoms with Crippen LogP contribution in [-0.4, -0.2) is 51.7 Å². The van der Waals surface area contributed by atoms with Gasteiger partial charge >= 0.3 is 13.6 Å². The zero-order valence-electron chi connectivity index (χ0n) is 11.5. The Morgan fingerprint density at radius 2 is 1.84 bits per heavy atom. The van der Waals surface area contributed by atoms with E-state index in [4.69, 9.17) is 24.7 Å². The summed E-state index contributed by atoms with van der Waals surface area (Å²) in [6, 6.07) is 0. The lowest BCUT2D eigenvalue weighted by Gasteiger charge is -2.09. The Morgan fingerprint density at radius 1 is 1.26 bits per heavy atom. The molecular formula is C11H25O7P. The summed E-state index contributed by atoms with van der Waals surface area (Å²) < 4.78 is 15.8. The molecule has 0 radical (unpaired) electrons. The molecule has 0 amide bonds. The van der Waals surface area contributed by atoms with Crippen molar-refractivity contribution in [3.63, 3.8) is 0 Å². The van der Waals surface area contributed by atoms with Crippen LogP contribution in [0.4, 0.5) is 0 Å². The molecule has 0 aliphatic carbocycles. The SMILES string of the molecule is CCCCCCP(=O)(O)OCC.O=C(O)C(O)CO. The van der Waals surface area contributed by atoms with Crippen molar-refractivity contribution in [2.45, 2.75) is 45.6 Å². The van der Waals surface area contributed by atoms with Gasteiger partial charge in [-0.15, -0.1) is 0 Å². The molecule has 2 atom stereocenters. The van der Waals surface area contributed by atoms with Gasteiger partial charge in [-0.1, -0.05) is 26.2 Å². The first-order valence-electron chi connectivity index (χ1n) is 6.28. The molecular weight excluding hydrogens is 275 g/mol. The van der Waals surface area contributed by atoms with Crippen LogP contribution in [0, 0.1) is 0 Å². The molecule has 116 valence electrons. The first kappa shape index (κ1) is 20.8. The number of aliphatic hydroxyl groups excluding tert-OH is 2. The van der Waals surface area contributed by atoms with Gasteiger partial charge in [0.2, 0.25) is 0 Å². The summed E-state index contributed by atoms with van der Waals surface area (Å²) in [4.78, 5) is 18.7. The van der Waals surface area contributed by atoms with Gasteiger partial charge in [-0.3, -0.25) is 4.57 Å². The number of aliphatic hydroxyl groups is 2. The third-order valence-corrected chi connectivity index (χ3v) is 3.63. The van der Waals surface area contributed by atoms with Crippen LogP contribution in [0.1, 0.15) is 39.5 Å². The van der Waals surface area contributed by atoms with E-state index in [1.165, 1.54) is 0 Å². The molecule has 0 rings (SSSR count). The summed E-state index contributed by atoms with van der Waals surface area (Å²) in [5.74, 6) is -1.40. The molecule has 0 aromatic rings. The van der Waals surface area contributed by atoms with Gasteiger partial charge in [0.05, 0.1) is 13.2 Å². The Labute approximate surface area is 113 Å². The average Bonchev–Trinajstić information content (AvgIpc) is 2.34. The molecule has 0 heterocycles. The Balaban J connectivity index is 0. The van der Waals surface area contributed by atoms with E-state index in [2.05, 4.69) is 6.92 Å². The van der Waals surface area contributed by atoms with Gasteiger partial charge < -0.3 is 24.7 Å². The predicted molar refractivity (Wildman–Crippen MR) is 71.2 cm³/mol. The van der Waals surface area contributed by atoms with Crippen molar-refractivity contribution < 1.29 is 34.1 Å². The van der Waals surface area contributed by atoms with Crippen molar-refractivity contribution in [2.24, 2.45) is 0 Å². The van der Waals surface area contributed by atoms with Crippen LogP contribution >= 0.6 is 7.60 Å². The monoisotopic (exact) mass is 300 g/mol. The van der Waals surface area contributed by atoms with E-state index < -0.39 is 26.3 Å². The smallest absolute Gasteiger partial charge is 0.334 e. The lowest BCUT2D eigenvalue weighted by atomic mass is 10.2. The number of rotatable bonds is 9. The Bertz CT molecular complexity index is 270. The molecule has 7 nitrogen and oxygen atoms in total. The van der Waals surface area contributed by atoms with Crippen molar-refractivity contribution in [1.29, 1.82) is 0 Å². The minimum Gasteiger partial charge on any atom is -0.479 e. The van der Waals surface area contributed by atoms with Crippen molar-refractivity contribution in [3.8, 4) is 0 Å². The highest BCUT2D eigenvalue weighted by atomic mass is 31.2. The van der Waals surface area contributed by atoms with E-state index in [0.717, 1.165) is 25.7 Å². The zero-order valence-corrected chi connectivity index (χ0v) is 12.4. The number of aliphatic carboxylic acids is 1. The van der Waals surface area contributed by atoms with E-state index >= 15 is 0 Å². The summed E-state index contributed by atoms with van der Waals surface area (Å²) in [5.41, 5.74) is 0. The number of carbonyl (C=O) groups is 1. The van der Waals surface area contributed by atoms with E-state index in [0.29, 0.717) is 12.8 Å². The maximum atomic E-state index is 11.1. The van der Waals surface area contributed by atoms with Gasteiger partial charge in [0.1, 0.15) is 0 Å². The topological polar surface area (TPSA) is 124 Å². The number of carboxylic acids is 1. The zero-order chi connectivity index (χ0) is 15.3. The lowest BCUT2D eigenvalue weighted by Crippen LogP contribution is -2.22. The molecule has 8 heteroatoms. The molecule has 0 aromatic carbocycles. The third-order valence-electron chi connectivity index (χ3n) is 2.08. The highest BCUT2D eigenvalue weighted by Crippen LogP contribution is 2.42. The summed E-state index contributed by atoms with van der Waals surface area (Å²) in [6.07, 6.45) is 2.77. The van der Waals surface area contributed by atoms with Crippen LogP contribution in [0.15, 0.2) is 0 Å². The molecule has 0 aromatic heterocycles. The Kier molecular flexibility index (Phi) is 13.8. The Hall–Kier alpha value is -0.460. The quantitative estimate of drug-likeness (QED) is 0.372. The van der Waals surface area contributed by atoms with Gasteiger partial charge in [-0.2, -0.15) is 0 Å². The number of unbranched alkanes of at least 4 members (excludes halogenated alkanes) is 3. The summed E-state index contributed by atoms with van der Waals surface area (Å²) in [7, 11) is -3.23. The lowest BCUT2D eigenvalue weighted by molar-refractivity contribution is -0.148. The normalized spacial score (nSPS) is 15.0. The first-order chi connectivity index (χ1) is 8.80. The first-order valence-corrected chi connectivity index (χ1v) is 8.05. The second kappa shape index (κ2) is 12.6. The van der Waals surface area contributed by atoms with E-state index in [1.807, 2.05) is 0 Å². The molecule has 2 unspecified atom stereocenters. The standard InChI is InChI=1S/C8H19O3P.C3H6O4/c1-3-5-6-7-8-12(9,10)11-4-2;4-1-2(5)3(6)7/h3-8H2,1-2H3,(H,9,10);2,4-5H,1H2,(H,6,7). The molecule has 0 bridgehead atoms. The highest BCUT2D eigenvalue weighted by Gasteiger charge is 2.16. The second-order valence-corrected chi connectivity index (χ2v) is 5.86. The van der Waals surface area contributed by atoms with Gasteiger partial charge in [-0.05, 0) is 13.3 Å². The fraction of sp³-hybridized carbons (Fsp3) is 0.909. The fourth-order valence-electron chi connectivity index (χ4n) is 1.08. The minimum absolute atomic E-state index is 0.306. The third kappa shape index (κ3) is 15.5. The molecule has 0 spiro atoms. The van der Waals surface area contributed by atoms with Gasteiger partial charge in [0.25, 0.3) is 0 Å². The molecule has 0 aliphatic heterocycles. The molecule has 0 fully saturated rings. The van der Waals surface area contributed by atoms with Crippen LogP contribution < -0.4 is 0 Å².